The van der Waals surface area contributed by atoms with Crippen LogP contribution in [-0.4, -0.2) is 54.2 Å². The van der Waals surface area contributed by atoms with E-state index >= 15 is 0 Å². The Hall–Kier alpha value is -0.530. The number of hydrogen-bond donors (Lipinski definition) is 2. The fraction of sp³-hybridized carbons (Fsp3) is 0.964. The number of hydrogen-bond acceptors (Lipinski definition) is 6. The fourth-order valence-corrected chi connectivity index (χ4v) is 9.55. The topological polar surface area (TPSA) is 91.0 Å². The summed E-state index contributed by atoms with van der Waals surface area (Å²) in [4.78, 5) is 12.4. The third kappa shape index (κ3) is 3.65. The molecule has 0 aromatic heterocycles. The highest BCUT2D eigenvalue weighted by molar-refractivity contribution is 5.80. The van der Waals surface area contributed by atoms with Crippen molar-refractivity contribution in [3.8, 4) is 0 Å². The molecule has 0 radical (unpaired) electrons. The third-order valence-electron chi connectivity index (χ3n) is 11.7. The summed E-state index contributed by atoms with van der Waals surface area (Å²) in [5, 5.41) is 12.1. The molecular weight excluding hydrogens is 430 g/mol. The number of carbonyl (C=O) groups excluding carboxylic acids is 1. The SMILES string of the molecule is CO[C@H]1C[C@H](O[C@@H]2CC[C@@]3(C)[C@@H](CC[C@@H]4[C@@H]3CC[C@]3(C)[C@@H](C(C)=O)CC[C@@]43O)C2)O[C@H](C)[C@H]1N. The molecule has 34 heavy (non-hydrogen) atoms. The van der Waals surface area contributed by atoms with Gasteiger partial charge in [0.15, 0.2) is 6.29 Å². The minimum Gasteiger partial charge on any atom is -0.389 e. The molecule has 6 heteroatoms. The second-order valence-electron chi connectivity index (χ2n) is 13.0. The Morgan fingerprint density at radius 1 is 1.03 bits per heavy atom. The average Bonchev–Trinajstić information content (AvgIpc) is 3.07. The van der Waals surface area contributed by atoms with Crippen LogP contribution in [0.4, 0.5) is 0 Å². The fourth-order valence-electron chi connectivity index (χ4n) is 9.55. The lowest BCUT2D eigenvalue weighted by atomic mass is 9.43. The van der Waals surface area contributed by atoms with Gasteiger partial charge in [-0.25, -0.2) is 0 Å². The summed E-state index contributed by atoms with van der Waals surface area (Å²) in [5.41, 5.74) is 5.54. The predicted molar refractivity (Wildman–Crippen MR) is 130 cm³/mol. The number of rotatable bonds is 4. The minimum atomic E-state index is -0.687. The van der Waals surface area contributed by atoms with Crippen molar-refractivity contribution in [1.82, 2.24) is 0 Å². The van der Waals surface area contributed by atoms with E-state index in [4.69, 9.17) is 19.9 Å². The Kier molecular flexibility index (Phi) is 6.50. The van der Waals surface area contributed by atoms with Gasteiger partial charge in [-0.05, 0) is 94.8 Å². The maximum Gasteiger partial charge on any atom is 0.160 e. The van der Waals surface area contributed by atoms with Gasteiger partial charge in [0.2, 0.25) is 0 Å². The maximum atomic E-state index is 12.4. The van der Waals surface area contributed by atoms with Gasteiger partial charge in [-0.15, -0.1) is 0 Å². The molecule has 12 atom stereocenters. The molecule has 3 N–H and O–H groups in total. The van der Waals surface area contributed by atoms with E-state index in [1.54, 1.807) is 14.0 Å². The van der Waals surface area contributed by atoms with Crippen LogP contribution in [-0.2, 0) is 19.0 Å². The Labute approximate surface area is 205 Å². The van der Waals surface area contributed by atoms with Crippen molar-refractivity contribution in [3.63, 3.8) is 0 Å². The van der Waals surface area contributed by atoms with Crippen molar-refractivity contribution in [3.05, 3.63) is 0 Å². The van der Waals surface area contributed by atoms with Crippen LogP contribution in [0, 0.1) is 34.5 Å². The number of nitrogens with two attached hydrogens (primary N) is 1. The summed E-state index contributed by atoms with van der Waals surface area (Å²) < 4.78 is 18.2. The van der Waals surface area contributed by atoms with Gasteiger partial charge in [-0.2, -0.15) is 0 Å². The normalized spacial score (nSPS) is 55.2. The summed E-state index contributed by atoms with van der Waals surface area (Å²) in [6.45, 7) is 8.44. The second kappa shape index (κ2) is 8.79. The molecule has 194 valence electrons. The zero-order chi connectivity index (χ0) is 24.5. The summed E-state index contributed by atoms with van der Waals surface area (Å²) in [5.74, 6) is 1.77. The largest absolute Gasteiger partial charge is 0.389 e. The van der Waals surface area contributed by atoms with Gasteiger partial charge >= 0.3 is 0 Å². The summed E-state index contributed by atoms with van der Waals surface area (Å²) in [6.07, 6.45) is 9.80. The molecule has 4 saturated carbocycles. The number of carbonyl (C=O) groups is 1. The van der Waals surface area contributed by atoms with Crippen LogP contribution in [0.2, 0.25) is 0 Å². The van der Waals surface area contributed by atoms with E-state index in [0.29, 0.717) is 24.2 Å². The van der Waals surface area contributed by atoms with Gasteiger partial charge in [0.25, 0.3) is 0 Å². The number of ether oxygens (including phenoxy) is 3. The van der Waals surface area contributed by atoms with Crippen molar-refractivity contribution in [2.24, 2.45) is 40.2 Å². The van der Waals surface area contributed by atoms with Crippen LogP contribution >= 0.6 is 0 Å². The zero-order valence-electron chi connectivity index (χ0n) is 21.9. The van der Waals surface area contributed by atoms with E-state index in [1.807, 2.05) is 6.92 Å². The lowest BCUT2D eigenvalue weighted by Gasteiger charge is -2.63. The predicted octanol–water partition coefficient (Wildman–Crippen LogP) is 4.21. The molecule has 5 aliphatic rings. The second-order valence-corrected chi connectivity index (χ2v) is 13.0. The van der Waals surface area contributed by atoms with Gasteiger partial charge in [0, 0.05) is 24.9 Å². The molecule has 0 unspecified atom stereocenters. The maximum absolute atomic E-state index is 12.4. The first-order valence-corrected chi connectivity index (χ1v) is 13.9. The van der Waals surface area contributed by atoms with E-state index in [0.717, 1.165) is 57.8 Å². The Morgan fingerprint density at radius 2 is 1.79 bits per heavy atom. The third-order valence-corrected chi connectivity index (χ3v) is 11.7. The first-order chi connectivity index (χ1) is 16.0. The Balaban J connectivity index is 1.27. The van der Waals surface area contributed by atoms with Gasteiger partial charge in [-0.1, -0.05) is 13.8 Å². The molecule has 0 aromatic carbocycles. The number of Topliss-reactive ketones (excluding diaryl/α,β-unsaturated/α-hetero) is 1. The van der Waals surface area contributed by atoms with Crippen LogP contribution in [0.1, 0.15) is 91.9 Å². The van der Waals surface area contributed by atoms with Gasteiger partial charge in [0.05, 0.1) is 30.0 Å². The van der Waals surface area contributed by atoms with Crippen molar-refractivity contribution in [2.45, 2.75) is 128 Å². The summed E-state index contributed by atoms with van der Waals surface area (Å²) >= 11 is 0. The molecule has 0 aromatic rings. The van der Waals surface area contributed by atoms with Crippen LogP contribution < -0.4 is 5.73 Å². The van der Waals surface area contributed by atoms with Crippen LogP contribution in [0.5, 0.6) is 0 Å². The molecule has 5 rings (SSSR count). The van der Waals surface area contributed by atoms with E-state index in [1.165, 1.54) is 0 Å². The Bertz CT molecular complexity index is 791. The summed E-state index contributed by atoms with van der Waals surface area (Å²) in [6, 6.07) is -0.115. The molecular formula is C28H47NO5. The van der Waals surface area contributed by atoms with E-state index in [-0.39, 0.29) is 53.2 Å². The summed E-state index contributed by atoms with van der Waals surface area (Å²) in [7, 11) is 1.72. The van der Waals surface area contributed by atoms with E-state index in [2.05, 4.69) is 13.8 Å². The first kappa shape index (κ1) is 25.1. The standard InChI is InChI=1S/C28H47NO5/c1-16(30)20-10-13-28(31)22-7-6-18-14-19(34-24-15-23(32-5)25(29)17(2)33-24)8-11-26(18,3)21(22)9-12-27(20,28)4/h17-25,31H,6-15,29H2,1-5H3/t17-,18+,19-,20-,21+,22-,23+,24+,25-,26+,27-,28-/m1/s1. The molecule has 4 aliphatic carbocycles. The van der Waals surface area contributed by atoms with Crippen molar-refractivity contribution >= 4 is 5.78 Å². The van der Waals surface area contributed by atoms with Gasteiger partial charge in [-0.3, -0.25) is 4.79 Å². The molecule has 6 nitrogen and oxygen atoms in total. The van der Waals surface area contributed by atoms with Crippen LogP contribution in [0.15, 0.2) is 0 Å². The molecule has 5 fully saturated rings. The molecule has 0 spiro atoms. The van der Waals surface area contributed by atoms with Crippen molar-refractivity contribution in [1.29, 1.82) is 0 Å². The monoisotopic (exact) mass is 477 g/mol. The number of ketones is 1. The number of aliphatic hydroxyl groups is 1. The average molecular weight is 478 g/mol. The molecule has 1 saturated heterocycles. The lowest BCUT2D eigenvalue weighted by Crippen LogP contribution is -2.62. The van der Waals surface area contributed by atoms with Crippen LogP contribution in [0.25, 0.3) is 0 Å². The van der Waals surface area contributed by atoms with Crippen molar-refractivity contribution in [2.75, 3.05) is 7.11 Å². The Morgan fingerprint density at radius 3 is 2.50 bits per heavy atom. The molecule has 1 aliphatic heterocycles. The number of methoxy groups -OCH3 is 1. The highest BCUT2D eigenvalue weighted by Crippen LogP contribution is 2.69. The van der Waals surface area contributed by atoms with Crippen LogP contribution in [0.3, 0.4) is 0 Å². The zero-order valence-corrected chi connectivity index (χ0v) is 21.9. The number of fused-ring (bicyclic) bond motifs is 5. The van der Waals surface area contributed by atoms with E-state index in [9.17, 15) is 9.90 Å². The van der Waals surface area contributed by atoms with E-state index < -0.39 is 5.60 Å². The molecule has 1 heterocycles. The lowest BCUT2D eigenvalue weighted by molar-refractivity contribution is -0.255. The highest BCUT2D eigenvalue weighted by Gasteiger charge is 2.67. The van der Waals surface area contributed by atoms with Crippen molar-refractivity contribution < 1.29 is 24.1 Å². The first-order valence-electron chi connectivity index (χ1n) is 13.9. The highest BCUT2D eigenvalue weighted by atomic mass is 16.7. The molecule has 0 amide bonds. The van der Waals surface area contributed by atoms with Gasteiger partial charge in [0.1, 0.15) is 5.78 Å². The molecule has 0 bridgehead atoms. The minimum absolute atomic E-state index is 0.0232. The quantitative estimate of drug-likeness (QED) is 0.590. The smallest absolute Gasteiger partial charge is 0.160 e. The van der Waals surface area contributed by atoms with Gasteiger partial charge < -0.3 is 25.1 Å².